The molecule has 150 valence electrons. The van der Waals surface area contributed by atoms with E-state index < -0.39 is 6.04 Å². The summed E-state index contributed by atoms with van der Waals surface area (Å²) in [5.74, 6) is -0.271. The van der Waals surface area contributed by atoms with Crippen molar-refractivity contribution in [2.24, 2.45) is 0 Å². The van der Waals surface area contributed by atoms with Crippen LogP contribution in [0.1, 0.15) is 37.8 Å². The molecule has 1 atom stereocenters. The van der Waals surface area contributed by atoms with E-state index in [9.17, 15) is 9.59 Å². The molecule has 0 spiro atoms. The lowest BCUT2D eigenvalue weighted by Crippen LogP contribution is -2.49. The van der Waals surface area contributed by atoms with Crippen LogP contribution in [0.3, 0.4) is 0 Å². The van der Waals surface area contributed by atoms with E-state index >= 15 is 0 Å². The third kappa shape index (κ3) is 6.25. The molecule has 0 saturated carbocycles. The molecule has 0 aromatic heterocycles. The van der Waals surface area contributed by atoms with Crippen molar-refractivity contribution in [3.05, 3.63) is 69.7 Å². The number of halogens is 2. The van der Waals surface area contributed by atoms with Gasteiger partial charge in [0.15, 0.2) is 0 Å². The first-order chi connectivity index (χ1) is 13.5. The minimum Gasteiger partial charge on any atom is -0.354 e. The minimum absolute atomic E-state index is 0.133. The molecule has 0 bridgehead atoms. The van der Waals surface area contributed by atoms with Gasteiger partial charge < -0.3 is 10.2 Å². The Hall–Kier alpha value is -2.04. The van der Waals surface area contributed by atoms with Crippen molar-refractivity contribution in [1.82, 2.24) is 10.2 Å². The highest BCUT2D eigenvalue weighted by Gasteiger charge is 2.28. The molecule has 0 unspecified atom stereocenters. The van der Waals surface area contributed by atoms with E-state index in [0.717, 1.165) is 17.5 Å². The quantitative estimate of drug-likeness (QED) is 0.628. The Kier molecular flexibility index (Phi) is 8.81. The van der Waals surface area contributed by atoms with Crippen LogP contribution in [0, 0.1) is 0 Å². The predicted octanol–water partition coefficient (Wildman–Crippen LogP) is 4.87. The van der Waals surface area contributed by atoms with Gasteiger partial charge in [-0.3, -0.25) is 9.59 Å². The fourth-order valence-electron chi connectivity index (χ4n) is 2.98. The molecule has 0 fully saturated rings. The predicted molar refractivity (Wildman–Crippen MR) is 115 cm³/mol. The van der Waals surface area contributed by atoms with Gasteiger partial charge in [-0.15, -0.1) is 0 Å². The molecule has 0 aliphatic rings. The summed E-state index contributed by atoms with van der Waals surface area (Å²) in [6.45, 7) is 4.82. The number of carbonyl (C=O) groups excluding carboxylic acids is 2. The number of hydrogen-bond acceptors (Lipinski definition) is 2. The van der Waals surface area contributed by atoms with Gasteiger partial charge in [0.1, 0.15) is 6.04 Å². The van der Waals surface area contributed by atoms with Crippen molar-refractivity contribution >= 4 is 35.0 Å². The summed E-state index contributed by atoms with van der Waals surface area (Å²) in [5.41, 5.74) is 1.66. The molecule has 2 amide bonds. The normalized spacial score (nSPS) is 11.7. The summed E-state index contributed by atoms with van der Waals surface area (Å²) in [4.78, 5) is 27.5. The van der Waals surface area contributed by atoms with E-state index in [1.54, 1.807) is 23.1 Å². The summed E-state index contributed by atoms with van der Waals surface area (Å²) in [6, 6.07) is 14.0. The van der Waals surface area contributed by atoms with Crippen LogP contribution < -0.4 is 5.32 Å². The maximum atomic E-state index is 13.2. The number of rotatable bonds is 9. The third-order valence-corrected chi connectivity index (χ3v) is 5.12. The Morgan fingerprint density at radius 1 is 1.04 bits per heavy atom. The minimum atomic E-state index is -0.544. The van der Waals surface area contributed by atoms with E-state index in [-0.39, 0.29) is 18.2 Å². The van der Waals surface area contributed by atoms with E-state index in [1.807, 2.05) is 44.2 Å². The van der Waals surface area contributed by atoms with Crippen molar-refractivity contribution in [1.29, 1.82) is 0 Å². The fourth-order valence-corrected chi connectivity index (χ4v) is 3.31. The van der Waals surface area contributed by atoms with Crippen molar-refractivity contribution in [3.63, 3.8) is 0 Å². The van der Waals surface area contributed by atoms with Crippen LogP contribution in [0.2, 0.25) is 10.0 Å². The molecular formula is C22H26Cl2N2O2. The Labute approximate surface area is 176 Å². The highest BCUT2D eigenvalue weighted by molar-refractivity contribution is 6.31. The van der Waals surface area contributed by atoms with Gasteiger partial charge in [0.25, 0.3) is 0 Å². The Morgan fingerprint density at radius 3 is 2.32 bits per heavy atom. The van der Waals surface area contributed by atoms with Gasteiger partial charge in [-0.2, -0.15) is 0 Å². The summed E-state index contributed by atoms with van der Waals surface area (Å²) in [6.07, 6.45) is 1.51. The monoisotopic (exact) mass is 420 g/mol. The number of benzene rings is 2. The molecule has 0 aliphatic heterocycles. The lowest BCUT2D eigenvalue weighted by atomic mass is 10.1. The maximum absolute atomic E-state index is 13.2. The van der Waals surface area contributed by atoms with Gasteiger partial charge >= 0.3 is 0 Å². The standard InChI is InChI=1S/C22H26Cl2N2O2/c1-3-13-25-22(28)20(4-2)26(15-16-9-11-18(23)12-10-16)21(27)14-17-7-5-6-8-19(17)24/h5-12,20H,3-4,13-15H2,1-2H3,(H,25,28)/t20-/m1/s1. The second kappa shape index (κ2) is 11.1. The smallest absolute Gasteiger partial charge is 0.242 e. The first-order valence-corrected chi connectivity index (χ1v) is 10.3. The first-order valence-electron chi connectivity index (χ1n) is 9.51. The molecule has 2 rings (SSSR count). The lowest BCUT2D eigenvalue weighted by molar-refractivity contribution is -0.140. The van der Waals surface area contributed by atoms with Crippen molar-refractivity contribution in [2.45, 2.75) is 45.7 Å². The zero-order chi connectivity index (χ0) is 20.5. The van der Waals surface area contributed by atoms with Crippen molar-refractivity contribution < 1.29 is 9.59 Å². The fraction of sp³-hybridized carbons (Fsp3) is 0.364. The van der Waals surface area contributed by atoms with Crippen LogP contribution in [-0.2, 0) is 22.6 Å². The molecule has 1 N–H and O–H groups in total. The molecule has 0 saturated heterocycles. The zero-order valence-electron chi connectivity index (χ0n) is 16.3. The van der Waals surface area contributed by atoms with Crippen LogP contribution >= 0.6 is 23.2 Å². The molecule has 28 heavy (non-hydrogen) atoms. The molecule has 2 aromatic rings. The average molecular weight is 421 g/mol. The van der Waals surface area contributed by atoms with Crippen molar-refractivity contribution in [2.75, 3.05) is 6.54 Å². The number of nitrogens with one attached hydrogen (secondary N) is 1. The molecule has 0 aliphatic carbocycles. The van der Waals surface area contributed by atoms with Gasteiger partial charge in [0.05, 0.1) is 6.42 Å². The van der Waals surface area contributed by atoms with E-state index in [4.69, 9.17) is 23.2 Å². The number of hydrogen-bond donors (Lipinski definition) is 1. The van der Waals surface area contributed by atoms with Crippen LogP contribution in [0.25, 0.3) is 0 Å². The van der Waals surface area contributed by atoms with Gasteiger partial charge in [-0.05, 0) is 42.2 Å². The Morgan fingerprint density at radius 2 is 1.71 bits per heavy atom. The average Bonchev–Trinajstić information content (AvgIpc) is 2.69. The summed E-state index contributed by atoms with van der Waals surface area (Å²) < 4.78 is 0. The van der Waals surface area contributed by atoms with Crippen LogP contribution in [0.4, 0.5) is 0 Å². The summed E-state index contributed by atoms with van der Waals surface area (Å²) >= 11 is 12.2. The summed E-state index contributed by atoms with van der Waals surface area (Å²) in [7, 11) is 0. The molecule has 6 heteroatoms. The van der Waals surface area contributed by atoms with Crippen LogP contribution in [0.15, 0.2) is 48.5 Å². The van der Waals surface area contributed by atoms with E-state index in [0.29, 0.717) is 29.6 Å². The summed E-state index contributed by atoms with van der Waals surface area (Å²) in [5, 5.41) is 4.09. The van der Waals surface area contributed by atoms with Gasteiger partial charge in [-0.1, -0.05) is 67.4 Å². The highest BCUT2D eigenvalue weighted by atomic mass is 35.5. The second-order valence-electron chi connectivity index (χ2n) is 6.63. The molecule has 4 nitrogen and oxygen atoms in total. The molecule has 2 aromatic carbocycles. The Balaban J connectivity index is 2.27. The van der Waals surface area contributed by atoms with Crippen LogP contribution in [0.5, 0.6) is 0 Å². The Bertz CT molecular complexity index is 793. The molecule has 0 radical (unpaired) electrons. The topological polar surface area (TPSA) is 49.4 Å². The maximum Gasteiger partial charge on any atom is 0.242 e. The van der Waals surface area contributed by atoms with E-state index in [1.165, 1.54) is 0 Å². The second-order valence-corrected chi connectivity index (χ2v) is 7.48. The largest absolute Gasteiger partial charge is 0.354 e. The van der Waals surface area contributed by atoms with Gasteiger partial charge in [0.2, 0.25) is 11.8 Å². The van der Waals surface area contributed by atoms with Gasteiger partial charge in [-0.25, -0.2) is 0 Å². The SMILES string of the molecule is CCCNC(=O)[C@@H](CC)N(Cc1ccc(Cl)cc1)C(=O)Cc1ccccc1Cl. The number of amides is 2. The van der Waals surface area contributed by atoms with Crippen LogP contribution in [-0.4, -0.2) is 29.3 Å². The first kappa shape index (κ1) is 22.3. The molecular weight excluding hydrogens is 395 g/mol. The lowest BCUT2D eigenvalue weighted by Gasteiger charge is -2.31. The highest BCUT2D eigenvalue weighted by Crippen LogP contribution is 2.20. The number of nitrogens with zero attached hydrogens (tertiary/aromatic N) is 1. The van der Waals surface area contributed by atoms with E-state index in [2.05, 4.69) is 5.32 Å². The number of carbonyl (C=O) groups is 2. The third-order valence-electron chi connectivity index (χ3n) is 4.50. The zero-order valence-corrected chi connectivity index (χ0v) is 17.8. The molecule has 0 heterocycles. The van der Waals surface area contributed by atoms with Crippen molar-refractivity contribution in [3.8, 4) is 0 Å². The van der Waals surface area contributed by atoms with Gasteiger partial charge in [0, 0.05) is 23.1 Å².